The second-order valence-corrected chi connectivity index (χ2v) is 5.93. The van der Waals surface area contributed by atoms with Crippen molar-refractivity contribution in [3.8, 4) is 0 Å². The SMILES string of the molecule is CCCS(=O)(=O)O.c1ccc(N2CCNCC2)cc1. The van der Waals surface area contributed by atoms with Crippen molar-refractivity contribution < 1.29 is 13.0 Å². The fourth-order valence-corrected chi connectivity index (χ4v) is 2.34. The van der Waals surface area contributed by atoms with Crippen molar-refractivity contribution in [2.24, 2.45) is 0 Å². The van der Waals surface area contributed by atoms with Gasteiger partial charge in [0.15, 0.2) is 0 Å². The third-order valence-electron chi connectivity index (χ3n) is 2.70. The van der Waals surface area contributed by atoms with Crippen LogP contribution in [0.2, 0.25) is 0 Å². The summed E-state index contributed by atoms with van der Waals surface area (Å²) in [5.41, 5.74) is 1.35. The maximum absolute atomic E-state index is 9.79. The van der Waals surface area contributed by atoms with Gasteiger partial charge in [0, 0.05) is 31.9 Å². The Kier molecular flexibility index (Phi) is 6.83. The molecular weight excluding hydrogens is 264 g/mol. The summed E-state index contributed by atoms with van der Waals surface area (Å²) < 4.78 is 27.6. The number of hydrogen-bond donors (Lipinski definition) is 2. The Hall–Kier alpha value is -1.11. The maximum atomic E-state index is 9.79. The highest BCUT2D eigenvalue weighted by Crippen LogP contribution is 2.12. The number of anilines is 1. The smallest absolute Gasteiger partial charge is 0.264 e. The predicted molar refractivity (Wildman–Crippen MR) is 78.2 cm³/mol. The second-order valence-electron chi connectivity index (χ2n) is 4.36. The van der Waals surface area contributed by atoms with Crippen molar-refractivity contribution in [1.82, 2.24) is 5.32 Å². The Morgan fingerprint density at radius 1 is 1.21 bits per heavy atom. The van der Waals surface area contributed by atoms with Gasteiger partial charge in [-0.3, -0.25) is 4.55 Å². The largest absolute Gasteiger partial charge is 0.369 e. The van der Waals surface area contributed by atoms with Crippen molar-refractivity contribution in [3.63, 3.8) is 0 Å². The van der Waals surface area contributed by atoms with Crippen LogP contribution in [0.25, 0.3) is 0 Å². The summed E-state index contributed by atoms with van der Waals surface area (Å²) >= 11 is 0. The van der Waals surface area contributed by atoms with Gasteiger partial charge in [-0.1, -0.05) is 25.1 Å². The molecule has 0 spiro atoms. The quantitative estimate of drug-likeness (QED) is 0.822. The lowest BCUT2D eigenvalue weighted by Crippen LogP contribution is -2.43. The number of nitrogens with one attached hydrogen (secondary N) is 1. The van der Waals surface area contributed by atoms with Gasteiger partial charge in [-0.15, -0.1) is 0 Å². The number of nitrogens with zero attached hydrogens (tertiary/aromatic N) is 1. The van der Waals surface area contributed by atoms with E-state index in [9.17, 15) is 8.42 Å². The normalized spacial score (nSPS) is 15.6. The highest BCUT2D eigenvalue weighted by molar-refractivity contribution is 7.85. The molecule has 0 aromatic heterocycles. The topological polar surface area (TPSA) is 69.6 Å². The van der Waals surface area contributed by atoms with Gasteiger partial charge in [-0.2, -0.15) is 8.42 Å². The monoisotopic (exact) mass is 286 g/mol. The van der Waals surface area contributed by atoms with Gasteiger partial charge in [0.1, 0.15) is 0 Å². The fourth-order valence-electron chi connectivity index (χ4n) is 1.82. The van der Waals surface area contributed by atoms with E-state index in [2.05, 4.69) is 40.5 Å². The van der Waals surface area contributed by atoms with Crippen LogP contribution in [0.1, 0.15) is 13.3 Å². The maximum Gasteiger partial charge on any atom is 0.264 e. The molecule has 0 aliphatic carbocycles. The van der Waals surface area contributed by atoms with Gasteiger partial charge in [0.25, 0.3) is 10.1 Å². The molecular formula is C13H22N2O3S. The highest BCUT2D eigenvalue weighted by Gasteiger charge is 2.08. The molecule has 5 nitrogen and oxygen atoms in total. The van der Waals surface area contributed by atoms with Crippen LogP contribution in [-0.4, -0.2) is 44.9 Å². The van der Waals surface area contributed by atoms with Gasteiger partial charge < -0.3 is 10.2 Å². The zero-order chi connectivity index (χ0) is 14.1. The van der Waals surface area contributed by atoms with E-state index in [0.29, 0.717) is 6.42 Å². The van der Waals surface area contributed by atoms with E-state index in [1.54, 1.807) is 6.92 Å². The molecule has 6 heteroatoms. The first-order chi connectivity index (χ1) is 9.03. The minimum absolute atomic E-state index is 0.132. The molecule has 1 aromatic rings. The number of para-hydroxylation sites is 1. The Bertz CT molecular complexity index is 442. The lowest BCUT2D eigenvalue weighted by atomic mass is 10.2. The first-order valence-corrected chi connectivity index (χ1v) is 8.09. The van der Waals surface area contributed by atoms with E-state index in [1.165, 1.54) is 5.69 Å². The molecule has 0 radical (unpaired) electrons. The molecule has 1 saturated heterocycles. The Labute approximate surface area is 115 Å². The minimum atomic E-state index is -3.67. The Balaban J connectivity index is 0.000000224. The lowest BCUT2D eigenvalue weighted by molar-refractivity contribution is 0.482. The predicted octanol–water partition coefficient (Wildman–Crippen LogP) is 1.38. The number of benzene rings is 1. The molecule has 0 bridgehead atoms. The third kappa shape index (κ3) is 7.15. The second kappa shape index (κ2) is 8.14. The van der Waals surface area contributed by atoms with Crippen LogP contribution in [0.15, 0.2) is 30.3 Å². The molecule has 1 heterocycles. The van der Waals surface area contributed by atoms with Crippen LogP contribution in [0.5, 0.6) is 0 Å². The van der Waals surface area contributed by atoms with Crippen LogP contribution in [0.3, 0.4) is 0 Å². The van der Waals surface area contributed by atoms with E-state index < -0.39 is 10.1 Å². The highest BCUT2D eigenvalue weighted by atomic mass is 32.2. The summed E-state index contributed by atoms with van der Waals surface area (Å²) in [7, 11) is -3.67. The summed E-state index contributed by atoms with van der Waals surface area (Å²) in [4.78, 5) is 2.41. The van der Waals surface area contributed by atoms with Crippen molar-refractivity contribution in [3.05, 3.63) is 30.3 Å². The van der Waals surface area contributed by atoms with Gasteiger partial charge in [0.2, 0.25) is 0 Å². The van der Waals surface area contributed by atoms with Gasteiger partial charge in [0.05, 0.1) is 5.75 Å². The van der Waals surface area contributed by atoms with E-state index >= 15 is 0 Å². The Morgan fingerprint density at radius 3 is 2.21 bits per heavy atom. The summed E-state index contributed by atoms with van der Waals surface area (Å²) in [5.74, 6) is -0.132. The number of piperazine rings is 1. The van der Waals surface area contributed by atoms with Crippen molar-refractivity contribution in [2.75, 3.05) is 36.8 Å². The molecule has 108 valence electrons. The molecule has 1 aliphatic heterocycles. The zero-order valence-corrected chi connectivity index (χ0v) is 12.1. The number of rotatable bonds is 3. The summed E-state index contributed by atoms with van der Waals surface area (Å²) in [5, 5.41) is 3.34. The van der Waals surface area contributed by atoms with E-state index in [1.807, 2.05) is 0 Å². The molecule has 19 heavy (non-hydrogen) atoms. The van der Waals surface area contributed by atoms with E-state index in [0.717, 1.165) is 26.2 Å². The number of hydrogen-bond acceptors (Lipinski definition) is 4. The molecule has 2 N–H and O–H groups in total. The first-order valence-electron chi connectivity index (χ1n) is 6.49. The molecule has 1 fully saturated rings. The first kappa shape index (κ1) is 15.9. The third-order valence-corrected chi connectivity index (χ3v) is 3.62. The molecule has 1 aliphatic rings. The lowest BCUT2D eigenvalue weighted by Gasteiger charge is -2.29. The molecule has 0 atom stereocenters. The molecule has 0 unspecified atom stereocenters. The van der Waals surface area contributed by atoms with Crippen LogP contribution < -0.4 is 10.2 Å². The zero-order valence-electron chi connectivity index (χ0n) is 11.2. The summed E-state index contributed by atoms with van der Waals surface area (Å²) in [6, 6.07) is 10.6. The average molecular weight is 286 g/mol. The average Bonchev–Trinajstić information content (AvgIpc) is 2.40. The standard InChI is InChI=1S/C10H14N2.C3H8O3S/c1-2-4-10(5-3-1)12-8-6-11-7-9-12;1-2-3-7(4,5)6/h1-5,11H,6-9H2;2-3H2,1H3,(H,4,5,6). The van der Waals surface area contributed by atoms with Crippen LogP contribution >= 0.6 is 0 Å². The molecule has 1 aromatic carbocycles. The van der Waals surface area contributed by atoms with Crippen molar-refractivity contribution in [1.29, 1.82) is 0 Å². The minimum Gasteiger partial charge on any atom is -0.369 e. The Morgan fingerprint density at radius 2 is 1.79 bits per heavy atom. The van der Waals surface area contributed by atoms with E-state index in [-0.39, 0.29) is 5.75 Å². The van der Waals surface area contributed by atoms with E-state index in [4.69, 9.17) is 4.55 Å². The molecule has 0 saturated carbocycles. The van der Waals surface area contributed by atoms with Crippen LogP contribution in [0, 0.1) is 0 Å². The fraction of sp³-hybridized carbons (Fsp3) is 0.538. The summed E-state index contributed by atoms with van der Waals surface area (Å²) in [6.07, 6.45) is 0.471. The molecule has 0 amide bonds. The molecule has 2 rings (SSSR count). The van der Waals surface area contributed by atoms with Crippen LogP contribution in [0.4, 0.5) is 5.69 Å². The van der Waals surface area contributed by atoms with Gasteiger partial charge in [-0.05, 0) is 18.6 Å². The van der Waals surface area contributed by atoms with Crippen molar-refractivity contribution in [2.45, 2.75) is 13.3 Å². The van der Waals surface area contributed by atoms with Crippen LogP contribution in [-0.2, 0) is 10.1 Å². The van der Waals surface area contributed by atoms with Gasteiger partial charge in [-0.25, -0.2) is 0 Å². The summed E-state index contributed by atoms with van der Waals surface area (Å²) in [6.45, 7) is 6.16. The van der Waals surface area contributed by atoms with Crippen molar-refractivity contribution >= 4 is 15.8 Å². The van der Waals surface area contributed by atoms with Gasteiger partial charge >= 0.3 is 0 Å².